The van der Waals surface area contributed by atoms with Gasteiger partial charge in [-0.25, -0.2) is 0 Å². The molecule has 2 aromatic carbocycles. The Morgan fingerprint density at radius 3 is 2.45 bits per heavy atom. The first-order valence-electron chi connectivity index (χ1n) is 7.82. The average Bonchev–Trinajstić information content (AvgIpc) is 2.55. The Bertz CT molecular complexity index is 591. The minimum absolute atomic E-state index is 0.792. The van der Waals surface area contributed by atoms with Crippen LogP contribution >= 0.6 is 0 Å². The van der Waals surface area contributed by atoms with Gasteiger partial charge in [-0.1, -0.05) is 60.2 Å². The molecule has 2 aromatic rings. The fraction of sp³-hybridized carbons (Fsp3) is 0.316. The van der Waals surface area contributed by atoms with Crippen LogP contribution in [0.25, 0.3) is 0 Å². The zero-order valence-electron chi connectivity index (χ0n) is 13.5. The number of aliphatic imine (C=N–C) groups is 1. The van der Waals surface area contributed by atoms with Crippen molar-refractivity contribution in [3.8, 4) is 0 Å². The summed E-state index contributed by atoms with van der Waals surface area (Å²) in [5.74, 6) is 0.856. The second-order valence-electron chi connectivity index (χ2n) is 5.43. The molecule has 3 nitrogen and oxygen atoms in total. The van der Waals surface area contributed by atoms with Crippen molar-refractivity contribution in [3.63, 3.8) is 0 Å². The van der Waals surface area contributed by atoms with Crippen LogP contribution in [0, 0.1) is 6.92 Å². The van der Waals surface area contributed by atoms with Crippen molar-refractivity contribution in [2.24, 2.45) is 4.99 Å². The quantitative estimate of drug-likeness (QED) is 0.487. The predicted octanol–water partition coefficient (Wildman–Crippen LogP) is 3.29. The molecule has 0 aliphatic heterocycles. The third kappa shape index (κ3) is 5.60. The van der Waals surface area contributed by atoms with E-state index in [1.807, 2.05) is 7.05 Å². The van der Waals surface area contributed by atoms with E-state index in [1.165, 1.54) is 16.7 Å². The number of rotatable bonds is 6. The highest BCUT2D eigenvalue weighted by molar-refractivity contribution is 5.79. The summed E-state index contributed by atoms with van der Waals surface area (Å²) in [5, 5.41) is 6.71. The molecule has 0 saturated carbocycles. The third-order valence-corrected chi connectivity index (χ3v) is 3.54. The smallest absolute Gasteiger partial charge is 0.191 e. The summed E-state index contributed by atoms with van der Waals surface area (Å²) in [6.07, 6.45) is 2.18. The van der Waals surface area contributed by atoms with Gasteiger partial charge in [-0.05, 0) is 30.9 Å². The van der Waals surface area contributed by atoms with E-state index in [9.17, 15) is 0 Å². The van der Waals surface area contributed by atoms with Gasteiger partial charge in [0.2, 0.25) is 0 Å². The summed E-state index contributed by atoms with van der Waals surface area (Å²) < 4.78 is 0. The van der Waals surface area contributed by atoms with E-state index >= 15 is 0 Å². The maximum atomic E-state index is 4.26. The number of nitrogens with one attached hydrogen (secondary N) is 2. The zero-order valence-corrected chi connectivity index (χ0v) is 13.5. The summed E-state index contributed by atoms with van der Waals surface area (Å²) in [6, 6.07) is 19.1. The lowest BCUT2D eigenvalue weighted by molar-refractivity contribution is 0.742. The maximum absolute atomic E-state index is 4.26. The number of benzene rings is 2. The van der Waals surface area contributed by atoms with E-state index < -0.39 is 0 Å². The molecule has 0 heterocycles. The first kappa shape index (κ1) is 16.1. The van der Waals surface area contributed by atoms with E-state index in [1.54, 1.807) is 0 Å². The van der Waals surface area contributed by atoms with Crippen LogP contribution in [-0.2, 0) is 13.0 Å². The summed E-state index contributed by atoms with van der Waals surface area (Å²) >= 11 is 0. The molecule has 0 bridgehead atoms. The van der Waals surface area contributed by atoms with Gasteiger partial charge in [0.1, 0.15) is 0 Å². The Morgan fingerprint density at radius 2 is 1.73 bits per heavy atom. The molecule has 0 atom stereocenters. The molecule has 0 aromatic heterocycles. The molecule has 0 unspecified atom stereocenters. The van der Waals surface area contributed by atoms with Crippen molar-refractivity contribution in [2.45, 2.75) is 26.3 Å². The number of hydrogen-bond acceptors (Lipinski definition) is 1. The van der Waals surface area contributed by atoms with Crippen LogP contribution in [0.4, 0.5) is 0 Å². The summed E-state index contributed by atoms with van der Waals surface area (Å²) in [4.78, 5) is 4.26. The molecule has 3 heteroatoms. The molecule has 2 rings (SSSR count). The van der Waals surface area contributed by atoms with Crippen LogP contribution in [-0.4, -0.2) is 19.6 Å². The van der Waals surface area contributed by atoms with Crippen LogP contribution in [0.3, 0.4) is 0 Å². The topological polar surface area (TPSA) is 36.4 Å². The van der Waals surface area contributed by atoms with Crippen molar-refractivity contribution in [3.05, 3.63) is 71.3 Å². The Morgan fingerprint density at radius 1 is 0.955 bits per heavy atom. The fourth-order valence-corrected chi connectivity index (χ4v) is 2.37. The van der Waals surface area contributed by atoms with Gasteiger partial charge in [0.25, 0.3) is 0 Å². The van der Waals surface area contributed by atoms with Gasteiger partial charge in [0, 0.05) is 20.1 Å². The van der Waals surface area contributed by atoms with Gasteiger partial charge in [-0.3, -0.25) is 4.99 Å². The van der Waals surface area contributed by atoms with Crippen molar-refractivity contribution in [1.29, 1.82) is 0 Å². The number of hydrogen-bond donors (Lipinski definition) is 2. The second kappa shape index (κ2) is 8.88. The van der Waals surface area contributed by atoms with Crippen LogP contribution in [0.2, 0.25) is 0 Å². The molecule has 0 aliphatic carbocycles. The van der Waals surface area contributed by atoms with Crippen molar-refractivity contribution in [2.75, 3.05) is 13.6 Å². The molecular formula is C19H25N3. The first-order valence-corrected chi connectivity index (χ1v) is 7.82. The van der Waals surface area contributed by atoms with Crippen LogP contribution in [0.1, 0.15) is 23.1 Å². The lowest BCUT2D eigenvalue weighted by atomic mass is 10.1. The Kier molecular flexibility index (Phi) is 6.49. The van der Waals surface area contributed by atoms with E-state index in [-0.39, 0.29) is 0 Å². The predicted molar refractivity (Wildman–Crippen MR) is 94.1 cm³/mol. The number of guanidine groups is 1. The minimum Gasteiger partial charge on any atom is -0.356 e. The molecule has 116 valence electrons. The Hall–Kier alpha value is -2.29. The van der Waals surface area contributed by atoms with Gasteiger partial charge in [0.05, 0.1) is 0 Å². The highest BCUT2D eigenvalue weighted by Gasteiger charge is 1.99. The molecule has 0 aliphatic rings. The van der Waals surface area contributed by atoms with E-state index in [0.717, 1.165) is 31.9 Å². The highest BCUT2D eigenvalue weighted by Crippen LogP contribution is 2.03. The monoisotopic (exact) mass is 295 g/mol. The molecule has 0 saturated heterocycles. The van der Waals surface area contributed by atoms with Crippen LogP contribution in [0.15, 0.2) is 59.6 Å². The molecule has 2 N–H and O–H groups in total. The molecule has 0 spiro atoms. The SMILES string of the molecule is CN=C(NCCCc1ccccc1)NCc1cccc(C)c1. The molecule has 0 amide bonds. The van der Waals surface area contributed by atoms with Crippen LogP contribution < -0.4 is 10.6 Å². The summed E-state index contributed by atoms with van der Waals surface area (Å²) in [7, 11) is 1.81. The standard InChI is InChI=1S/C19H25N3/c1-16-8-6-11-18(14-16)15-22-19(20-2)21-13-7-12-17-9-4-3-5-10-17/h3-6,8-11,14H,7,12-13,15H2,1-2H3,(H2,20,21,22). The lowest BCUT2D eigenvalue weighted by Crippen LogP contribution is -2.37. The van der Waals surface area contributed by atoms with Crippen molar-refractivity contribution in [1.82, 2.24) is 10.6 Å². The summed E-state index contributed by atoms with van der Waals surface area (Å²) in [5.41, 5.74) is 3.93. The second-order valence-corrected chi connectivity index (χ2v) is 5.43. The maximum Gasteiger partial charge on any atom is 0.191 e. The largest absolute Gasteiger partial charge is 0.356 e. The highest BCUT2D eigenvalue weighted by atomic mass is 15.2. The number of nitrogens with zero attached hydrogens (tertiary/aromatic N) is 1. The normalized spacial score (nSPS) is 11.3. The first-order chi connectivity index (χ1) is 10.8. The van der Waals surface area contributed by atoms with E-state index in [2.05, 4.69) is 77.1 Å². The van der Waals surface area contributed by atoms with Crippen molar-refractivity contribution >= 4 is 5.96 Å². The van der Waals surface area contributed by atoms with Gasteiger partial charge in [0.15, 0.2) is 5.96 Å². The number of aryl methyl sites for hydroxylation is 2. The van der Waals surface area contributed by atoms with Crippen molar-refractivity contribution < 1.29 is 0 Å². The Labute approximate surface area is 133 Å². The Balaban J connectivity index is 1.69. The van der Waals surface area contributed by atoms with Crippen LogP contribution in [0.5, 0.6) is 0 Å². The lowest BCUT2D eigenvalue weighted by Gasteiger charge is -2.12. The van der Waals surface area contributed by atoms with Gasteiger partial charge < -0.3 is 10.6 Å². The van der Waals surface area contributed by atoms with Gasteiger partial charge in [-0.2, -0.15) is 0 Å². The third-order valence-electron chi connectivity index (χ3n) is 3.54. The van der Waals surface area contributed by atoms with Gasteiger partial charge in [-0.15, -0.1) is 0 Å². The average molecular weight is 295 g/mol. The molecular weight excluding hydrogens is 270 g/mol. The zero-order chi connectivity index (χ0) is 15.6. The molecule has 0 fully saturated rings. The molecule has 22 heavy (non-hydrogen) atoms. The van der Waals surface area contributed by atoms with E-state index in [0.29, 0.717) is 0 Å². The molecule has 0 radical (unpaired) electrons. The summed E-state index contributed by atoms with van der Waals surface area (Å²) in [6.45, 7) is 3.82. The fourth-order valence-electron chi connectivity index (χ4n) is 2.37. The minimum atomic E-state index is 0.792. The van der Waals surface area contributed by atoms with E-state index in [4.69, 9.17) is 0 Å². The van der Waals surface area contributed by atoms with Gasteiger partial charge >= 0.3 is 0 Å².